The molecule has 0 aliphatic heterocycles. The van der Waals surface area contributed by atoms with Gasteiger partial charge in [-0.2, -0.15) is 0 Å². The van der Waals surface area contributed by atoms with Crippen molar-refractivity contribution in [3.05, 3.63) is 23.9 Å². The minimum Gasteiger partial charge on any atom is -0.371 e. The molecule has 1 N–H and O–H groups in total. The first-order chi connectivity index (χ1) is 9.97. The van der Waals surface area contributed by atoms with Gasteiger partial charge in [0.1, 0.15) is 5.82 Å². The fraction of sp³-hybridized carbons (Fsp3) is 0.722. The van der Waals surface area contributed by atoms with Gasteiger partial charge in [0, 0.05) is 6.54 Å². The molecule has 3 atom stereocenters. The van der Waals surface area contributed by atoms with Crippen molar-refractivity contribution in [3.63, 3.8) is 0 Å². The molecule has 1 heterocycles. The number of hydrogen-bond donors (Lipinski definition) is 1. The number of nitrogens with zero attached hydrogens (tertiary/aromatic N) is 1. The summed E-state index contributed by atoms with van der Waals surface area (Å²) in [6.07, 6.45) is 4.28. The minimum atomic E-state index is 0.330. The van der Waals surface area contributed by atoms with E-state index in [2.05, 4.69) is 50.1 Å². The van der Waals surface area contributed by atoms with E-state index in [1.165, 1.54) is 19.3 Å². The number of hydrogen-bond acceptors (Lipinski definition) is 3. The van der Waals surface area contributed by atoms with Crippen LogP contribution in [-0.2, 0) is 11.3 Å². The maximum Gasteiger partial charge on any atom is 0.126 e. The molecule has 2 aliphatic rings. The number of fused-ring (bicyclic) bond motifs is 2. The second-order valence-corrected chi connectivity index (χ2v) is 7.45. The molecule has 0 radical (unpaired) electrons. The fourth-order valence-corrected chi connectivity index (χ4v) is 4.41. The highest BCUT2D eigenvalue weighted by molar-refractivity contribution is 5.34. The van der Waals surface area contributed by atoms with Gasteiger partial charge >= 0.3 is 0 Å². The molecule has 3 rings (SSSR count). The zero-order chi connectivity index (χ0) is 15.1. The smallest absolute Gasteiger partial charge is 0.126 e. The molecule has 1 aromatic rings. The van der Waals surface area contributed by atoms with E-state index < -0.39 is 0 Å². The average Bonchev–Trinajstić information content (AvgIpc) is 2.79. The van der Waals surface area contributed by atoms with Gasteiger partial charge in [-0.1, -0.05) is 26.8 Å². The molecule has 116 valence electrons. The second kappa shape index (κ2) is 5.28. The van der Waals surface area contributed by atoms with Crippen LogP contribution in [-0.4, -0.2) is 17.6 Å². The summed E-state index contributed by atoms with van der Waals surface area (Å²) >= 11 is 0. The quantitative estimate of drug-likeness (QED) is 0.879. The highest BCUT2D eigenvalue weighted by Crippen LogP contribution is 2.66. The van der Waals surface area contributed by atoms with Crippen LogP contribution in [0.25, 0.3) is 0 Å². The van der Waals surface area contributed by atoms with E-state index in [1.807, 2.05) is 6.07 Å². The van der Waals surface area contributed by atoms with Crippen LogP contribution in [0.1, 0.15) is 52.7 Å². The van der Waals surface area contributed by atoms with Crippen molar-refractivity contribution < 1.29 is 4.74 Å². The van der Waals surface area contributed by atoms with Crippen molar-refractivity contribution in [2.75, 3.05) is 11.9 Å². The van der Waals surface area contributed by atoms with E-state index in [1.54, 1.807) is 0 Å². The summed E-state index contributed by atoms with van der Waals surface area (Å²) in [5.41, 5.74) is 1.77. The van der Waals surface area contributed by atoms with Gasteiger partial charge in [0.25, 0.3) is 0 Å². The van der Waals surface area contributed by atoms with Gasteiger partial charge in [-0.25, -0.2) is 4.98 Å². The number of ether oxygens (including phenoxy) is 1. The number of anilines is 1. The molecule has 0 amide bonds. The molecule has 3 heteroatoms. The molecule has 3 unspecified atom stereocenters. The van der Waals surface area contributed by atoms with E-state index >= 15 is 0 Å². The van der Waals surface area contributed by atoms with Gasteiger partial charge in [-0.05, 0) is 55.1 Å². The van der Waals surface area contributed by atoms with Gasteiger partial charge < -0.3 is 10.1 Å². The molecular weight excluding hydrogens is 260 g/mol. The zero-order valence-electron chi connectivity index (χ0n) is 13.8. The minimum absolute atomic E-state index is 0.330. The lowest BCUT2D eigenvalue weighted by atomic mass is 9.70. The van der Waals surface area contributed by atoms with Crippen molar-refractivity contribution in [2.24, 2.45) is 16.7 Å². The third-order valence-electron chi connectivity index (χ3n) is 6.31. The summed E-state index contributed by atoms with van der Waals surface area (Å²) in [5.74, 6) is 1.77. The summed E-state index contributed by atoms with van der Waals surface area (Å²) in [6, 6.07) is 6.12. The van der Waals surface area contributed by atoms with E-state index in [9.17, 15) is 0 Å². The monoisotopic (exact) mass is 288 g/mol. The molecule has 0 saturated heterocycles. The lowest BCUT2D eigenvalue weighted by Gasteiger charge is -2.38. The lowest BCUT2D eigenvalue weighted by Crippen LogP contribution is -2.37. The van der Waals surface area contributed by atoms with Crippen LogP contribution in [0.3, 0.4) is 0 Å². The fourth-order valence-electron chi connectivity index (χ4n) is 4.41. The van der Waals surface area contributed by atoms with Gasteiger partial charge in [0.15, 0.2) is 0 Å². The van der Waals surface area contributed by atoms with Crippen LogP contribution >= 0.6 is 0 Å². The normalized spacial score (nSPS) is 33.3. The molecule has 2 saturated carbocycles. The Labute approximate surface area is 128 Å². The van der Waals surface area contributed by atoms with Crippen LogP contribution in [0.15, 0.2) is 18.2 Å². The number of nitrogens with one attached hydrogen (secondary N) is 1. The Morgan fingerprint density at radius 1 is 1.33 bits per heavy atom. The van der Waals surface area contributed by atoms with Crippen LogP contribution < -0.4 is 5.32 Å². The number of rotatable bonds is 5. The Balaban J connectivity index is 1.65. The molecule has 2 fully saturated rings. The van der Waals surface area contributed by atoms with Crippen molar-refractivity contribution in [1.29, 1.82) is 0 Å². The highest BCUT2D eigenvalue weighted by atomic mass is 16.5. The molecule has 0 spiro atoms. The molecular formula is C18H28N2O. The van der Waals surface area contributed by atoms with E-state index in [-0.39, 0.29) is 0 Å². The lowest BCUT2D eigenvalue weighted by molar-refractivity contribution is -0.0559. The summed E-state index contributed by atoms with van der Waals surface area (Å²) < 4.78 is 6.30. The maximum absolute atomic E-state index is 6.30. The van der Waals surface area contributed by atoms with Crippen molar-refractivity contribution in [3.8, 4) is 0 Å². The van der Waals surface area contributed by atoms with E-state index in [0.29, 0.717) is 23.5 Å². The second-order valence-electron chi connectivity index (χ2n) is 7.45. The number of pyridine rings is 1. The van der Waals surface area contributed by atoms with Gasteiger partial charge in [0.2, 0.25) is 0 Å². The largest absolute Gasteiger partial charge is 0.371 e. The molecule has 2 aliphatic carbocycles. The average molecular weight is 288 g/mol. The molecule has 0 aromatic carbocycles. The standard InChI is InChI=1S/C18H28N2O/c1-5-19-16-8-6-7-14(20-16)12-21-15-11-13-9-10-18(15,4)17(13,2)3/h6-8,13,15H,5,9-12H2,1-4H3,(H,19,20). The third-order valence-corrected chi connectivity index (χ3v) is 6.31. The predicted octanol–water partition coefficient (Wildman–Crippen LogP) is 4.24. The van der Waals surface area contributed by atoms with Gasteiger partial charge in [0.05, 0.1) is 18.4 Å². The van der Waals surface area contributed by atoms with Gasteiger partial charge in [-0.15, -0.1) is 0 Å². The zero-order valence-corrected chi connectivity index (χ0v) is 13.8. The van der Waals surface area contributed by atoms with E-state index in [0.717, 1.165) is 24.0 Å². The Morgan fingerprint density at radius 2 is 2.14 bits per heavy atom. The maximum atomic E-state index is 6.30. The Kier molecular flexibility index (Phi) is 3.73. The van der Waals surface area contributed by atoms with Crippen LogP contribution in [0.4, 0.5) is 5.82 Å². The van der Waals surface area contributed by atoms with Crippen LogP contribution in [0.2, 0.25) is 0 Å². The molecule has 3 nitrogen and oxygen atoms in total. The summed E-state index contributed by atoms with van der Waals surface area (Å²) in [4.78, 5) is 4.61. The number of aromatic nitrogens is 1. The SMILES string of the molecule is CCNc1cccc(COC2CC3CCC2(C)C3(C)C)n1. The predicted molar refractivity (Wildman–Crippen MR) is 86.2 cm³/mol. The van der Waals surface area contributed by atoms with Crippen LogP contribution in [0, 0.1) is 16.7 Å². The Hall–Kier alpha value is -1.09. The molecule has 2 bridgehead atoms. The third kappa shape index (κ3) is 2.36. The van der Waals surface area contributed by atoms with Crippen molar-refractivity contribution >= 4 is 5.82 Å². The molecule has 21 heavy (non-hydrogen) atoms. The van der Waals surface area contributed by atoms with E-state index in [4.69, 9.17) is 4.74 Å². The first-order valence-electron chi connectivity index (χ1n) is 8.29. The van der Waals surface area contributed by atoms with Gasteiger partial charge in [-0.3, -0.25) is 0 Å². The first kappa shape index (κ1) is 14.8. The molecule has 1 aromatic heterocycles. The Bertz CT molecular complexity index is 514. The summed E-state index contributed by atoms with van der Waals surface area (Å²) in [5, 5.41) is 3.26. The Morgan fingerprint density at radius 3 is 2.76 bits per heavy atom. The summed E-state index contributed by atoms with van der Waals surface area (Å²) in [7, 11) is 0. The summed E-state index contributed by atoms with van der Waals surface area (Å²) in [6.45, 7) is 10.9. The van der Waals surface area contributed by atoms with Crippen molar-refractivity contribution in [2.45, 2.75) is 59.7 Å². The van der Waals surface area contributed by atoms with Crippen molar-refractivity contribution in [1.82, 2.24) is 4.98 Å². The first-order valence-corrected chi connectivity index (χ1v) is 8.29. The van der Waals surface area contributed by atoms with Crippen LogP contribution in [0.5, 0.6) is 0 Å². The highest BCUT2D eigenvalue weighted by Gasteiger charge is 2.61. The topological polar surface area (TPSA) is 34.1 Å².